The lowest BCUT2D eigenvalue weighted by molar-refractivity contribution is -0.424. The first kappa shape index (κ1) is 7.91. The van der Waals surface area contributed by atoms with Gasteiger partial charge in [-0.15, -0.1) is 0 Å². The number of hydrogen-bond acceptors (Lipinski definition) is 6. The van der Waals surface area contributed by atoms with Crippen LogP contribution in [-0.2, 0) is 0 Å². The van der Waals surface area contributed by atoms with Gasteiger partial charge in [0.2, 0.25) is 0 Å². The average molecular weight is 173 g/mol. The van der Waals surface area contributed by atoms with Crippen molar-refractivity contribution in [1.29, 1.82) is 0 Å². The highest BCUT2D eigenvalue weighted by Gasteiger charge is 2.29. The fourth-order valence-electron chi connectivity index (χ4n) is 0.631. The maximum Gasteiger partial charge on any atom is 0.469 e. The van der Waals surface area contributed by atoms with E-state index in [2.05, 4.69) is 5.10 Å². The monoisotopic (exact) mass is 173 g/mol. The molecule has 2 N–H and O–H groups in total. The van der Waals surface area contributed by atoms with E-state index in [0.29, 0.717) is 4.79 Å². The van der Waals surface area contributed by atoms with Crippen molar-refractivity contribution in [3.05, 3.63) is 26.4 Å². The van der Waals surface area contributed by atoms with Gasteiger partial charge in [0.1, 0.15) is 0 Å². The van der Waals surface area contributed by atoms with Gasteiger partial charge in [0, 0.05) is 0 Å². The number of aromatic nitrogens is 2. The van der Waals surface area contributed by atoms with Crippen LogP contribution in [0.1, 0.15) is 0 Å². The molecule has 12 heavy (non-hydrogen) atoms. The van der Waals surface area contributed by atoms with Crippen LogP contribution in [0.5, 0.6) is 0 Å². The molecule has 1 aromatic rings. The lowest BCUT2D eigenvalue weighted by Crippen LogP contribution is -2.08. The third-order valence-electron chi connectivity index (χ3n) is 1.06. The Bertz CT molecular complexity index is 311. The molecule has 0 amide bonds. The predicted molar refractivity (Wildman–Crippen MR) is 35.7 cm³/mol. The van der Waals surface area contributed by atoms with Crippen molar-refractivity contribution in [2.75, 3.05) is 5.84 Å². The van der Waals surface area contributed by atoms with Crippen LogP contribution in [0, 0.1) is 20.2 Å². The van der Waals surface area contributed by atoms with Crippen molar-refractivity contribution in [3.63, 3.8) is 0 Å². The van der Waals surface area contributed by atoms with E-state index in [0.717, 1.165) is 6.20 Å². The van der Waals surface area contributed by atoms with E-state index in [1.807, 2.05) is 0 Å². The van der Waals surface area contributed by atoms with E-state index >= 15 is 0 Å². The molecule has 0 saturated heterocycles. The SMILES string of the molecule is Nn1cc([N+](=O)[O-])c([N+](=O)[O-])n1. The maximum atomic E-state index is 10.1. The summed E-state index contributed by atoms with van der Waals surface area (Å²) in [5, 5.41) is 23.3. The van der Waals surface area contributed by atoms with Crippen LogP contribution in [0.3, 0.4) is 0 Å². The number of hydrogen-bond donors (Lipinski definition) is 1. The molecule has 0 bridgehead atoms. The summed E-state index contributed by atoms with van der Waals surface area (Å²) in [5.74, 6) is 4.09. The Balaban J connectivity index is 3.26. The van der Waals surface area contributed by atoms with Crippen molar-refractivity contribution in [3.8, 4) is 0 Å². The second-order valence-electron chi connectivity index (χ2n) is 1.83. The van der Waals surface area contributed by atoms with Gasteiger partial charge < -0.3 is 16.0 Å². The maximum absolute atomic E-state index is 10.1. The first-order chi connectivity index (χ1) is 5.52. The van der Waals surface area contributed by atoms with Crippen molar-refractivity contribution < 1.29 is 9.85 Å². The molecule has 0 aromatic carbocycles. The van der Waals surface area contributed by atoms with Crippen molar-refractivity contribution >= 4 is 11.5 Å². The van der Waals surface area contributed by atoms with Crippen LogP contribution >= 0.6 is 0 Å². The molecule has 0 aliphatic heterocycles. The van der Waals surface area contributed by atoms with Crippen LogP contribution < -0.4 is 5.84 Å². The lowest BCUT2D eigenvalue weighted by atomic mass is 10.5. The Morgan fingerprint density at radius 1 is 1.42 bits per heavy atom. The number of nitrogens with zero attached hydrogens (tertiary/aromatic N) is 4. The molecule has 0 radical (unpaired) electrons. The molecule has 1 aromatic heterocycles. The van der Waals surface area contributed by atoms with Gasteiger partial charge in [-0.25, -0.2) is 0 Å². The molecule has 9 heteroatoms. The summed E-state index contributed by atoms with van der Waals surface area (Å²) >= 11 is 0. The first-order valence-corrected chi connectivity index (χ1v) is 2.66. The third kappa shape index (κ3) is 1.14. The first-order valence-electron chi connectivity index (χ1n) is 2.66. The van der Waals surface area contributed by atoms with E-state index in [1.165, 1.54) is 0 Å². The summed E-state index contributed by atoms with van der Waals surface area (Å²) < 4.78 is 0. The van der Waals surface area contributed by atoms with E-state index in [4.69, 9.17) is 5.84 Å². The lowest BCUT2D eigenvalue weighted by Gasteiger charge is -1.85. The van der Waals surface area contributed by atoms with Crippen LogP contribution in [0.4, 0.5) is 11.5 Å². The van der Waals surface area contributed by atoms with Gasteiger partial charge in [0.25, 0.3) is 0 Å². The van der Waals surface area contributed by atoms with E-state index in [1.54, 1.807) is 0 Å². The molecule has 0 saturated carbocycles. The number of nitro groups is 2. The van der Waals surface area contributed by atoms with Gasteiger partial charge in [-0.3, -0.25) is 10.1 Å². The fourth-order valence-corrected chi connectivity index (χ4v) is 0.631. The summed E-state index contributed by atoms with van der Waals surface area (Å²) in [6.45, 7) is 0. The highest BCUT2D eigenvalue weighted by atomic mass is 16.6. The number of nitrogens with two attached hydrogens (primary N) is 1. The van der Waals surface area contributed by atoms with Crippen molar-refractivity contribution in [1.82, 2.24) is 9.89 Å². The molecular formula is C3H3N5O4. The number of rotatable bonds is 2. The van der Waals surface area contributed by atoms with Crippen molar-refractivity contribution in [2.45, 2.75) is 0 Å². The van der Waals surface area contributed by atoms with Gasteiger partial charge >= 0.3 is 11.5 Å². The molecule has 0 unspecified atom stereocenters. The van der Waals surface area contributed by atoms with E-state index in [-0.39, 0.29) is 0 Å². The number of nitrogen functional groups attached to an aromatic ring is 1. The quantitative estimate of drug-likeness (QED) is 0.361. The van der Waals surface area contributed by atoms with Crippen LogP contribution in [0.15, 0.2) is 6.20 Å². The molecule has 0 fully saturated rings. The molecule has 0 atom stereocenters. The van der Waals surface area contributed by atoms with Gasteiger partial charge in [0.15, 0.2) is 6.20 Å². The van der Waals surface area contributed by atoms with Gasteiger partial charge in [-0.1, -0.05) is 4.79 Å². The molecule has 0 aliphatic carbocycles. The molecule has 1 heterocycles. The summed E-state index contributed by atoms with van der Waals surface area (Å²) in [6.07, 6.45) is 0.762. The third-order valence-corrected chi connectivity index (χ3v) is 1.06. The second kappa shape index (κ2) is 2.45. The van der Waals surface area contributed by atoms with E-state index < -0.39 is 21.4 Å². The highest BCUT2D eigenvalue weighted by molar-refractivity contribution is 5.44. The van der Waals surface area contributed by atoms with E-state index in [9.17, 15) is 20.2 Å². The minimum atomic E-state index is -0.971. The Hall–Kier alpha value is -2.19. The normalized spacial score (nSPS) is 9.67. The molecule has 1 rings (SSSR count). The standard InChI is InChI=1S/C3H3N5O4/c4-6-1-2(7(9)10)3(5-6)8(11)12/h1H,4H2. The van der Waals surface area contributed by atoms with Gasteiger partial charge in [-0.2, -0.15) is 0 Å². The van der Waals surface area contributed by atoms with Crippen LogP contribution in [-0.4, -0.2) is 19.7 Å². The Morgan fingerprint density at radius 2 is 2.00 bits per heavy atom. The van der Waals surface area contributed by atoms with Gasteiger partial charge in [0.05, 0.1) is 10.0 Å². The zero-order valence-corrected chi connectivity index (χ0v) is 5.58. The van der Waals surface area contributed by atoms with Crippen LogP contribution in [0.2, 0.25) is 0 Å². The molecule has 0 spiro atoms. The zero-order valence-electron chi connectivity index (χ0n) is 5.58. The summed E-state index contributed by atoms with van der Waals surface area (Å²) in [4.78, 5) is 18.9. The zero-order chi connectivity index (χ0) is 9.30. The van der Waals surface area contributed by atoms with Crippen molar-refractivity contribution in [2.24, 2.45) is 0 Å². The predicted octanol–water partition coefficient (Wildman–Crippen LogP) is -0.587. The highest BCUT2D eigenvalue weighted by Crippen LogP contribution is 2.22. The average Bonchev–Trinajstić information content (AvgIpc) is 2.31. The largest absolute Gasteiger partial charge is 0.469 e. The van der Waals surface area contributed by atoms with Gasteiger partial charge in [-0.05, 0) is 4.92 Å². The minimum Gasteiger partial charge on any atom is -0.358 e. The second-order valence-corrected chi connectivity index (χ2v) is 1.83. The molecule has 64 valence electrons. The topological polar surface area (TPSA) is 130 Å². The Kier molecular flexibility index (Phi) is 1.62. The summed E-state index contributed by atoms with van der Waals surface area (Å²) in [7, 11) is 0. The summed E-state index contributed by atoms with van der Waals surface area (Å²) in [5.41, 5.74) is -0.720. The summed E-state index contributed by atoms with van der Waals surface area (Å²) in [6, 6.07) is 0. The Morgan fingerprint density at radius 3 is 2.33 bits per heavy atom. The molecular weight excluding hydrogens is 170 g/mol. The fraction of sp³-hybridized carbons (Fsp3) is 0. The van der Waals surface area contributed by atoms with Crippen LogP contribution in [0.25, 0.3) is 0 Å². The smallest absolute Gasteiger partial charge is 0.358 e. The minimum absolute atomic E-state index is 0.524. The molecule has 9 nitrogen and oxygen atoms in total. The molecule has 0 aliphatic rings. The Labute approximate surface area is 64.7 Å².